The van der Waals surface area contributed by atoms with Crippen molar-refractivity contribution in [3.8, 4) is 0 Å². The number of fused-ring (bicyclic) bond motifs is 1. The van der Waals surface area contributed by atoms with Crippen LogP contribution in [0.25, 0.3) is 5.65 Å². The first-order chi connectivity index (χ1) is 9.61. The molecular formula is C12H10N4O4. The minimum atomic E-state index is -0.834. The lowest BCUT2D eigenvalue weighted by atomic mass is 10.1. The zero-order chi connectivity index (χ0) is 14.3. The molecule has 8 nitrogen and oxygen atoms in total. The van der Waals surface area contributed by atoms with Gasteiger partial charge in [-0.2, -0.15) is 4.68 Å². The third-order valence-corrected chi connectivity index (χ3v) is 3.22. The average Bonchev–Trinajstić information content (AvgIpc) is 2.76. The third-order valence-electron chi connectivity index (χ3n) is 3.22. The predicted molar refractivity (Wildman–Crippen MR) is 66.3 cm³/mol. The highest BCUT2D eigenvalue weighted by atomic mass is 16.2. The Morgan fingerprint density at radius 2 is 2.10 bits per heavy atom. The second-order valence-corrected chi connectivity index (χ2v) is 4.46. The summed E-state index contributed by atoms with van der Waals surface area (Å²) in [5.74, 6) is -0.920. The van der Waals surface area contributed by atoms with E-state index in [-0.39, 0.29) is 30.1 Å². The van der Waals surface area contributed by atoms with Gasteiger partial charge in [-0.15, -0.1) is 5.10 Å². The van der Waals surface area contributed by atoms with Crippen LogP contribution >= 0.6 is 0 Å². The molecule has 3 rings (SSSR count). The van der Waals surface area contributed by atoms with Crippen molar-refractivity contribution >= 4 is 23.7 Å². The van der Waals surface area contributed by atoms with Gasteiger partial charge in [0.05, 0.1) is 5.69 Å². The number of aldehydes is 1. The molecule has 2 aromatic rings. The van der Waals surface area contributed by atoms with E-state index in [1.54, 1.807) is 12.1 Å². The number of piperidine rings is 1. The number of rotatable bonds is 2. The van der Waals surface area contributed by atoms with Gasteiger partial charge in [0.1, 0.15) is 6.04 Å². The summed E-state index contributed by atoms with van der Waals surface area (Å²) in [5.41, 5.74) is -0.132. The zero-order valence-corrected chi connectivity index (χ0v) is 10.3. The Hall–Kier alpha value is -2.77. The van der Waals surface area contributed by atoms with Crippen LogP contribution in [0, 0.1) is 0 Å². The number of hydrogen-bond acceptors (Lipinski definition) is 5. The molecule has 0 aromatic carbocycles. The van der Waals surface area contributed by atoms with E-state index in [0.717, 1.165) is 9.08 Å². The van der Waals surface area contributed by atoms with Crippen molar-refractivity contribution in [2.24, 2.45) is 0 Å². The van der Waals surface area contributed by atoms with E-state index >= 15 is 0 Å². The Morgan fingerprint density at radius 3 is 2.80 bits per heavy atom. The number of amides is 2. The molecule has 0 saturated carbocycles. The highest BCUT2D eigenvalue weighted by molar-refractivity contribution is 5.99. The molecule has 1 aliphatic heterocycles. The number of imide groups is 1. The number of nitrogens with one attached hydrogen (secondary N) is 1. The van der Waals surface area contributed by atoms with E-state index in [1.165, 1.54) is 6.07 Å². The minimum Gasteiger partial charge on any atom is -0.296 e. The van der Waals surface area contributed by atoms with Gasteiger partial charge in [-0.05, 0) is 18.6 Å². The summed E-state index contributed by atoms with van der Waals surface area (Å²) in [6.07, 6.45) is 0.910. The lowest BCUT2D eigenvalue weighted by Gasteiger charge is -2.19. The van der Waals surface area contributed by atoms with Gasteiger partial charge in [-0.3, -0.25) is 19.7 Å². The molecule has 0 aliphatic carbocycles. The van der Waals surface area contributed by atoms with Crippen molar-refractivity contribution in [1.82, 2.24) is 19.5 Å². The number of pyridine rings is 1. The van der Waals surface area contributed by atoms with Crippen LogP contribution < -0.4 is 11.0 Å². The maximum Gasteiger partial charge on any atom is 0.351 e. The molecule has 1 aliphatic rings. The highest BCUT2D eigenvalue weighted by Gasteiger charge is 2.31. The fourth-order valence-corrected chi connectivity index (χ4v) is 2.27. The highest BCUT2D eigenvalue weighted by Crippen LogP contribution is 2.16. The molecule has 3 heterocycles. The maximum atomic E-state index is 12.3. The molecule has 2 aromatic heterocycles. The second-order valence-electron chi connectivity index (χ2n) is 4.46. The number of aromatic nitrogens is 3. The first-order valence-corrected chi connectivity index (χ1v) is 6.01. The molecule has 102 valence electrons. The average molecular weight is 274 g/mol. The summed E-state index contributed by atoms with van der Waals surface area (Å²) in [6, 6.07) is 3.81. The number of nitrogens with zero attached hydrogens (tertiary/aromatic N) is 3. The molecule has 0 spiro atoms. The molecule has 1 fully saturated rings. The lowest BCUT2D eigenvalue weighted by Crippen LogP contribution is -2.44. The summed E-state index contributed by atoms with van der Waals surface area (Å²) >= 11 is 0. The molecule has 0 bridgehead atoms. The quantitative estimate of drug-likeness (QED) is 0.575. The number of carbonyl (C=O) groups excluding carboxylic acids is 3. The maximum absolute atomic E-state index is 12.3. The van der Waals surface area contributed by atoms with Crippen LogP contribution in [-0.4, -0.2) is 32.3 Å². The third kappa shape index (κ3) is 1.73. The van der Waals surface area contributed by atoms with Crippen molar-refractivity contribution in [3.05, 3.63) is 34.4 Å². The van der Waals surface area contributed by atoms with Crippen LogP contribution in [0.4, 0.5) is 0 Å². The Bertz CT molecular complexity index is 788. The topological polar surface area (TPSA) is 103 Å². The Morgan fingerprint density at radius 1 is 1.30 bits per heavy atom. The van der Waals surface area contributed by atoms with Crippen molar-refractivity contribution in [3.63, 3.8) is 0 Å². The largest absolute Gasteiger partial charge is 0.351 e. The van der Waals surface area contributed by atoms with Gasteiger partial charge in [0.25, 0.3) is 5.91 Å². The monoisotopic (exact) mass is 274 g/mol. The molecule has 1 N–H and O–H groups in total. The van der Waals surface area contributed by atoms with Crippen LogP contribution in [-0.2, 0) is 9.59 Å². The standard InChI is InChI=1S/C12H10N4O4/c17-6-7-2-1-3-9-14-16(12(20)15(7)9)8-4-5-10(18)13-11(8)19/h1-3,6,8H,4-5H2,(H,13,18,19). The fraction of sp³-hybridized carbons (Fsp3) is 0.250. The van der Waals surface area contributed by atoms with Gasteiger partial charge in [0, 0.05) is 6.42 Å². The summed E-state index contributed by atoms with van der Waals surface area (Å²) in [5, 5.41) is 6.23. The lowest BCUT2D eigenvalue weighted by molar-refractivity contribution is -0.136. The van der Waals surface area contributed by atoms with E-state index in [0.29, 0.717) is 6.29 Å². The molecule has 1 saturated heterocycles. The number of hydrogen-bond donors (Lipinski definition) is 1. The van der Waals surface area contributed by atoms with Crippen LogP contribution in [0.3, 0.4) is 0 Å². The second kappa shape index (κ2) is 4.41. The van der Waals surface area contributed by atoms with Crippen molar-refractivity contribution < 1.29 is 14.4 Å². The zero-order valence-electron chi connectivity index (χ0n) is 10.3. The summed E-state index contributed by atoms with van der Waals surface area (Å²) in [4.78, 5) is 46.1. The normalized spacial score (nSPS) is 19.1. The first kappa shape index (κ1) is 12.3. The summed E-state index contributed by atoms with van der Waals surface area (Å²) < 4.78 is 2.15. The van der Waals surface area contributed by atoms with E-state index in [4.69, 9.17) is 0 Å². The summed E-state index contributed by atoms with van der Waals surface area (Å²) in [7, 11) is 0. The summed E-state index contributed by atoms with van der Waals surface area (Å²) in [6.45, 7) is 0. The molecule has 8 heteroatoms. The first-order valence-electron chi connectivity index (χ1n) is 6.01. The van der Waals surface area contributed by atoms with Crippen molar-refractivity contribution in [1.29, 1.82) is 0 Å². The fourth-order valence-electron chi connectivity index (χ4n) is 2.27. The Balaban J connectivity index is 2.16. The predicted octanol–water partition coefficient (Wildman–Crippen LogP) is -0.714. The molecule has 1 unspecified atom stereocenters. The molecule has 0 radical (unpaired) electrons. The van der Waals surface area contributed by atoms with Crippen LogP contribution in [0.5, 0.6) is 0 Å². The Kier molecular flexibility index (Phi) is 2.70. The minimum absolute atomic E-state index is 0.150. The Labute approximate surface area is 112 Å². The SMILES string of the molecule is O=Cc1cccc2nn(C3CCC(=O)NC3=O)c(=O)n12. The van der Waals surface area contributed by atoms with E-state index in [1.807, 2.05) is 0 Å². The van der Waals surface area contributed by atoms with Gasteiger partial charge in [0.2, 0.25) is 5.91 Å². The van der Waals surface area contributed by atoms with Gasteiger partial charge in [-0.1, -0.05) is 6.07 Å². The molecule has 1 atom stereocenters. The number of carbonyl (C=O) groups is 3. The van der Waals surface area contributed by atoms with E-state index in [9.17, 15) is 19.2 Å². The molecule has 20 heavy (non-hydrogen) atoms. The van der Waals surface area contributed by atoms with Gasteiger partial charge < -0.3 is 0 Å². The van der Waals surface area contributed by atoms with Gasteiger partial charge >= 0.3 is 5.69 Å². The van der Waals surface area contributed by atoms with Gasteiger partial charge in [0.15, 0.2) is 11.9 Å². The van der Waals surface area contributed by atoms with Crippen LogP contribution in [0.15, 0.2) is 23.0 Å². The van der Waals surface area contributed by atoms with Crippen molar-refractivity contribution in [2.75, 3.05) is 0 Å². The van der Waals surface area contributed by atoms with Crippen molar-refractivity contribution in [2.45, 2.75) is 18.9 Å². The molecule has 2 amide bonds. The van der Waals surface area contributed by atoms with Crippen LogP contribution in [0.1, 0.15) is 29.4 Å². The molecular weight excluding hydrogens is 264 g/mol. The van der Waals surface area contributed by atoms with Gasteiger partial charge in [-0.25, -0.2) is 9.20 Å². The van der Waals surface area contributed by atoms with E-state index < -0.39 is 17.6 Å². The smallest absolute Gasteiger partial charge is 0.296 e. The van der Waals surface area contributed by atoms with Crippen LogP contribution in [0.2, 0.25) is 0 Å². The van der Waals surface area contributed by atoms with E-state index in [2.05, 4.69) is 10.4 Å².